The van der Waals surface area contributed by atoms with Crippen LogP contribution in [0.5, 0.6) is 0 Å². The zero-order valence-corrected chi connectivity index (χ0v) is 15.7. The smallest absolute Gasteiger partial charge is 0.253 e. The minimum absolute atomic E-state index is 0.135. The van der Waals surface area contributed by atoms with Gasteiger partial charge in [-0.3, -0.25) is 9.48 Å². The van der Waals surface area contributed by atoms with Crippen molar-refractivity contribution in [1.29, 1.82) is 0 Å². The van der Waals surface area contributed by atoms with E-state index in [1.54, 1.807) is 6.20 Å². The van der Waals surface area contributed by atoms with E-state index < -0.39 is 0 Å². The fourth-order valence-electron chi connectivity index (χ4n) is 4.03. The second-order valence-corrected chi connectivity index (χ2v) is 7.35. The Hall–Kier alpha value is -2.88. The van der Waals surface area contributed by atoms with Gasteiger partial charge in [-0.2, -0.15) is 5.10 Å². The molecule has 1 saturated heterocycles. The van der Waals surface area contributed by atoms with Crippen LogP contribution < -0.4 is 0 Å². The first-order chi connectivity index (χ1) is 13.2. The van der Waals surface area contributed by atoms with Gasteiger partial charge < -0.3 is 4.90 Å². The van der Waals surface area contributed by atoms with Crippen LogP contribution in [-0.2, 0) is 6.54 Å². The first kappa shape index (κ1) is 17.5. The molecule has 1 fully saturated rings. The predicted octanol–water partition coefficient (Wildman–Crippen LogP) is 4.26. The van der Waals surface area contributed by atoms with Gasteiger partial charge >= 0.3 is 0 Å². The molecule has 0 unspecified atom stereocenters. The molecule has 2 heterocycles. The number of piperidine rings is 1. The number of likely N-dealkylation sites (tertiary alicyclic amines) is 1. The van der Waals surface area contributed by atoms with Crippen LogP contribution in [0.1, 0.15) is 45.8 Å². The lowest BCUT2D eigenvalue weighted by molar-refractivity contribution is 0.0706. The van der Waals surface area contributed by atoms with Gasteiger partial charge in [0.25, 0.3) is 5.91 Å². The summed E-state index contributed by atoms with van der Waals surface area (Å²) in [6.45, 7) is 4.48. The fourth-order valence-corrected chi connectivity index (χ4v) is 4.03. The molecule has 0 radical (unpaired) electrons. The summed E-state index contributed by atoms with van der Waals surface area (Å²) >= 11 is 0. The third-order valence-corrected chi connectivity index (χ3v) is 5.41. The highest BCUT2D eigenvalue weighted by Gasteiger charge is 2.26. The Morgan fingerprint density at radius 2 is 2.04 bits per heavy atom. The third-order valence-electron chi connectivity index (χ3n) is 5.41. The molecular formula is C23H25N3O. The van der Waals surface area contributed by atoms with E-state index in [-0.39, 0.29) is 5.91 Å². The van der Waals surface area contributed by atoms with E-state index in [1.165, 1.54) is 11.1 Å². The monoisotopic (exact) mass is 359 g/mol. The molecule has 0 spiro atoms. The number of nitrogens with zero attached hydrogens (tertiary/aromatic N) is 3. The highest BCUT2D eigenvalue weighted by Crippen LogP contribution is 2.29. The van der Waals surface area contributed by atoms with Crippen molar-refractivity contribution in [3.63, 3.8) is 0 Å². The van der Waals surface area contributed by atoms with Crippen LogP contribution in [0.25, 0.3) is 0 Å². The standard InChI is InChI=1S/C23H25N3O/c1-18-7-2-3-11-22(18)21-10-5-13-25(17-21)23(27)20-9-4-8-19(15-20)16-26-14-6-12-24-26/h2-4,6-9,11-12,14-15,21H,5,10,13,16-17H2,1H3/t21-/m0/s1. The van der Waals surface area contributed by atoms with Gasteiger partial charge in [0.05, 0.1) is 6.54 Å². The summed E-state index contributed by atoms with van der Waals surface area (Å²) < 4.78 is 1.87. The average molecular weight is 359 g/mol. The van der Waals surface area contributed by atoms with E-state index in [2.05, 4.69) is 36.3 Å². The molecule has 1 atom stereocenters. The Bertz CT molecular complexity index is 917. The van der Waals surface area contributed by atoms with Crippen LogP contribution >= 0.6 is 0 Å². The van der Waals surface area contributed by atoms with E-state index in [0.29, 0.717) is 12.5 Å². The number of carbonyl (C=O) groups is 1. The number of aromatic nitrogens is 2. The Kier molecular flexibility index (Phi) is 5.05. The molecule has 0 N–H and O–H groups in total. The van der Waals surface area contributed by atoms with Crippen molar-refractivity contribution in [3.8, 4) is 0 Å². The van der Waals surface area contributed by atoms with E-state index in [1.807, 2.05) is 46.1 Å². The molecular weight excluding hydrogens is 334 g/mol. The molecule has 0 saturated carbocycles. The average Bonchev–Trinajstić information content (AvgIpc) is 3.21. The first-order valence-electron chi connectivity index (χ1n) is 9.62. The van der Waals surface area contributed by atoms with E-state index in [0.717, 1.165) is 37.1 Å². The molecule has 2 aromatic carbocycles. The lowest BCUT2D eigenvalue weighted by Gasteiger charge is -2.34. The van der Waals surface area contributed by atoms with Crippen molar-refractivity contribution >= 4 is 5.91 Å². The number of hydrogen-bond donors (Lipinski definition) is 0. The summed E-state index contributed by atoms with van der Waals surface area (Å²) in [5.41, 5.74) is 4.56. The Labute approximate surface area is 160 Å². The molecule has 3 aromatic rings. The third kappa shape index (κ3) is 3.95. The van der Waals surface area contributed by atoms with Crippen LogP contribution in [0.15, 0.2) is 67.0 Å². The molecule has 138 valence electrons. The Morgan fingerprint density at radius 3 is 2.85 bits per heavy atom. The maximum absolute atomic E-state index is 13.1. The number of rotatable bonds is 4. The van der Waals surface area contributed by atoms with Crippen LogP contribution in [0.2, 0.25) is 0 Å². The highest BCUT2D eigenvalue weighted by atomic mass is 16.2. The molecule has 0 aliphatic carbocycles. The van der Waals surface area contributed by atoms with Gasteiger partial charge in [-0.1, -0.05) is 36.4 Å². The molecule has 0 bridgehead atoms. The molecule has 1 amide bonds. The SMILES string of the molecule is Cc1ccccc1[C@H]1CCCN(C(=O)c2cccc(Cn3cccn3)c2)C1. The van der Waals surface area contributed by atoms with Crippen LogP contribution in [0.3, 0.4) is 0 Å². The number of carbonyl (C=O) groups excluding carboxylic acids is 1. The molecule has 4 nitrogen and oxygen atoms in total. The summed E-state index contributed by atoms with van der Waals surface area (Å²) in [5.74, 6) is 0.562. The van der Waals surface area contributed by atoms with Crippen molar-refractivity contribution in [1.82, 2.24) is 14.7 Å². The fraction of sp³-hybridized carbons (Fsp3) is 0.304. The largest absolute Gasteiger partial charge is 0.338 e. The van der Waals surface area contributed by atoms with Gasteiger partial charge in [-0.25, -0.2) is 0 Å². The predicted molar refractivity (Wildman–Crippen MR) is 107 cm³/mol. The minimum atomic E-state index is 0.135. The van der Waals surface area contributed by atoms with Gasteiger partial charge in [-0.05, 0) is 54.7 Å². The zero-order valence-electron chi connectivity index (χ0n) is 15.7. The highest BCUT2D eigenvalue weighted by molar-refractivity contribution is 5.94. The Morgan fingerprint density at radius 1 is 1.15 bits per heavy atom. The maximum atomic E-state index is 13.1. The molecule has 4 heteroatoms. The molecule has 1 aliphatic rings. The maximum Gasteiger partial charge on any atom is 0.253 e. The molecule has 1 aromatic heterocycles. The van der Waals surface area contributed by atoms with Crippen molar-refractivity contribution in [2.75, 3.05) is 13.1 Å². The quantitative estimate of drug-likeness (QED) is 0.698. The zero-order chi connectivity index (χ0) is 18.6. The van der Waals surface area contributed by atoms with Crippen LogP contribution in [0, 0.1) is 6.92 Å². The van der Waals surface area contributed by atoms with Crippen molar-refractivity contribution in [2.24, 2.45) is 0 Å². The van der Waals surface area contributed by atoms with Crippen molar-refractivity contribution in [3.05, 3.63) is 89.2 Å². The Balaban J connectivity index is 1.50. The summed E-state index contributed by atoms with van der Waals surface area (Å²) in [6, 6.07) is 18.4. The van der Waals surface area contributed by atoms with Gasteiger partial charge in [-0.15, -0.1) is 0 Å². The normalized spacial score (nSPS) is 17.1. The van der Waals surface area contributed by atoms with E-state index in [4.69, 9.17) is 0 Å². The van der Waals surface area contributed by atoms with Crippen molar-refractivity contribution in [2.45, 2.75) is 32.2 Å². The van der Waals surface area contributed by atoms with Gasteiger partial charge in [0.2, 0.25) is 0 Å². The summed E-state index contributed by atoms with van der Waals surface area (Å²) in [4.78, 5) is 15.1. The van der Waals surface area contributed by atoms with Gasteiger partial charge in [0, 0.05) is 37.0 Å². The van der Waals surface area contributed by atoms with Gasteiger partial charge in [0.15, 0.2) is 0 Å². The minimum Gasteiger partial charge on any atom is -0.338 e. The lowest BCUT2D eigenvalue weighted by atomic mass is 9.87. The summed E-state index contributed by atoms with van der Waals surface area (Å²) in [7, 11) is 0. The molecule has 1 aliphatic heterocycles. The van der Waals surface area contributed by atoms with E-state index >= 15 is 0 Å². The van der Waals surface area contributed by atoms with Crippen LogP contribution in [0.4, 0.5) is 0 Å². The first-order valence-corrected chi connectivity index (χ1v) is 9.62. The summed E-state index contributed by atoms with van der Waals surface area (Å²) in [6.07, 6.45) is 5.91. The van der Waals surface area contributed by atoms with Gasteiger partial charge in [0.1, 0.15) is 0 Å². The number of aryl methyl sites for hydroxylation is 1. The summed E-state index contributed by atoms with van der Waals surface area (Å²) in [5, 5.41) is 4.25. The second-order valence-electron chi connectivity index (χ2n) is 7.35. The van der Waals surface area contributed by atoms with Crippen LogP contribution in [-0.4, -0.2) is 33.7 Å². The topological polar surface area (TPSA) is 38.1 Å². The number of amides is 1. The molecule has 27 heavy (non-hydrogen) atoms. The number of hydrogen-bond acceptors (Lipinski definition) is 2. The van der Waals surface area contributed by atoms with E-state index in [9.17, 15) is 4.79 Å². The molecule has 4 rings (SSSR count). The van der Waals surface area contributed by atoms with Crippen molar-refractivity contribution < 1.29 is 4.79 Å². The number of benzene rings is 2. The lowest BCUT2D eigenvalue weighted by Crippen LogP contribution is -2.39. The second kappa shape index (κ2) is 7.78.